The van der Waals surface area contributed by atoms with Gasteiger partial charge in [-0.25, -0.2) is 4.98 Å². The first-order valence-corrected chi connectivity index (χ1v) is 5.96. The normalized spacial score (nSPS) is 10.8. The van der Waals surface area contributed by atoms with E-state index < -0.39 is 0 Å². The molecule has 5 heteroatoms. The Labute approximate surface area is 110 Å². The summed E-state index contributed by atoms with van der Waals surface area (Å²) in [7, 11) is 0. The SMILES string of the molecule is [CH2]c1c(OCc2ccccc2)nc(C)c2nn[nH]c12. The van der Waals surface area contributed by atoms with Gasteiger partial charge in [0.25, 0.3) is 0 Å². The number of hydrogen-bond donors (Lipinski definition) is 1. The van der Waals surface area contributed by atoms with Gasteiger partial charge < -0.3 is 4.74 Å². The third kappa shape index (κ3) is 2.14. The van der Waals surface area contributed by atoms with Gasteiger partial charge in [0.1, 0.15) is 12.1 Å². The van der Waals surface area contributed by atoms with Crippen LogP contribution in [0.5, 0.6) is 5.88 Å². The highest BCUT2D eigenvalue weighted by Crippen LogP contribution is 2.24. The Morgan fingerprint density at radius 1 is 1.26 bits per heavy atom. The van der Waals surface area contributed by atoms with Gasteiger partial charge in [0.2, 0.25) is 5.88 Å². The molecule has 0 aliphatic rings. The second-order valence-corrected chi connectivity index (χ2v) is 4.29. The number of aromatic nitrogens is 4. The van der Waals surface area contributed by atoms with Gasteiger partial charge in [-0.3, -0.25) is 5.10 Å². The predicted octanol–water partition coefficient (Wildman–Crippen LogP) is 2.42. The molecule has 0 fully saturated rings. The lowest BCUT2D eigenvalue weighted by molar-refractivity contribution is 0.292. The molecule has 0 saturated carbocycles. The summed E-state index contributed by atoms with van der Waals surface area (Å²) in [5.74, 6) is 0.514. The summed E-state index contributed by atoms with van der Waals surface area (Å²) in [5.41, 5.74) is 4.05. The lowest BCUT2D eigenvalue weighted by atomic mass is 10.2. The van der Waals surface area contributed by atoms with E-state index in [-0.39, 0.29) is 0 Å². The third-order valence-electron chi connectivity index (χ3n) is 2.94. The summed E-state index contributed by atoms with van der Waals surface area (Å²) >= 11 is 0. The van der Waals surface area contributed by atoms with E-state index in [0.29, 0.717) is 18.1 Å². The van der Waals surface area contributed by atoms with E-state index in [1.807, 2.05) is 37.3 Å². The molecule has 0 aliphatic heterocycles. The average Bonchev–Trinajstić information content (AvgIpc) is 2.92. The third-order valence-corrected chi connectivity index (χ3v) is 2.94. The fourth-order valence-electron chi connectivity index (χ4n) is 1.92. The zero-order chi connectivity index (χ0) is 13.2. The quantitative estimate of drug-likeness (QED) is 0.778. The molecule has 0 amide bonds. The van der Waals surface area contributed by atoms with Gasteiger partial charge in [-0.1, -0.05) is 35.5 Å². The lowest BCUT2D eigenvalue weighted by Crippen LogP contribution is -2.01. The first kappa shape index (κ1) is 11.6. The second-order valence-electron chi connectivity index (χ2n) is 4.29. The van der Waals surface area contributed by atoms with E-state index in [1.54, 1.807) is 0 Å². The van der Waals surface area contributed by atoms with Gasteiger partial charge in [0.15, 0.2) is 0 Å². The Balaban J connectivity index is 1.91. The first-order chi connectivity index (χ1) is 9.25. The summed E-state index contributed by atoms with van der Waals surface area (Å²) in [6.45, 7) is 6.31. The van der Waals surface area contributed by atoms with Crippen LogP contribution in [0.25, 0.3) is 11.0 Å². The standard InChI is InChI=1S/C14H13N4O/c1-9-12-13(17-18-16-12)10(2)15-14(9)19-8-11-6-4-3-5-7-11/h3-7H,1,8H2,2H3,(H,16,17,18). The lowest BCUT2D eigenvalue weighted by Gasteiger charge is -2.09. The highest BCUT2D eigenvalue weighted by molar-refractivity contribution is 5.81. The van der Waals surface area contributed by atoms with E-state index in [9.17, 15) is 0 Å². The minimum atomic E-state index is 0.461. The fraction of sp³-hybridized carbons (Fsp3) is 0.143. The first-order valence-electron chi connectivity index (χ1n) is 5.96. The number of nitrogens with one attached hydrogen (secondary N) is 1. The van der Waals surface area contributed by atoms with Crippen molar-refractivity contribution in [1.82, 2.24) is 20.4 Å². The average molecular weight is 253 g/mol. The zero-order valence-corrected chi connectivity index (χ0v) is 10.6. The van der Waals surface area contributed by atoms with Gasteiger partial charge in [0, 0.05) is 5.56 Å². The topological polar surface area (TPSA) is 63.7 Å². The molecule has 2 aromatic heterocycles. The van der Waals surface area contributed by atoms with Crippen molar-refractivity contribution in [2.24, 2.45) is 0 Å². The van der Waals surface area contributed by atoms with E-state index in [1.165, 1.54) is 0 Å². The zero-order valence-electron chi connectivity index (χ0n) is 10.6. The number of hydrogen-bond acceptors (Lipinski definition) is 4. The maximum Gasteiger partial charge on any atom is 0.219 e. The molecule has 0 atom stereocenters. The van der Waals surface area contributed by atoms with E-state index >= 15 is 0 Å². The Morgan fingerprint density at radius 2 is 2.05 bits per heavy atom. The van der Waals surface area contributed by atoms with Crippen molar-refractivity contribution in [3.63, 3.8) is 0 Å². The molecule has 3 rings (SSSR count). The molecule has 5 nitrogen and oxygen atoms in total. The second kappa shape index (κ2) is 4.68. The molecule has 3 aromatic rings. The molecule has 95 valence electrons. The van der Waals surface area contributed by atoms with E-state index in [0.717, 1.165) is 22.3 Å². The smallest absolute Gasteiger partial charge is 0.219 e. The molecule has 1 aromatic carbocycles. The minimum Gasteiger partial charge on any atom is -0.473 e. The van der Waals surface area contributed by atoms with E-state index in [4.69, 9.17) is 4.74 Å². The van der Waals surface area contributed by atoms with Crippen LogP contribution in [0.1, 0.15) is 16.8 Å². The molecule has 0 aliphatic carbocycles. The number of aryl methyl sites for hydroxylation is 1. The number of fused-ring (bicyclic) bond motifs is 1. The largest absolute Gasteiger partial charge is 0.473 e. The van der Waals surface area contributed by atoms with Crippen LogP contribution in [0.2, 0.25) is 0 Å². The van der Waals surface area contributed by atoms with Gasteiger partial charge in [-0.2, -0.15) is 0 Å². The molecular formula is C14H13N4O. The number of aromatic amines is 1. The highest BCUT2D eigenvalue weighted by Gasteiger charge is 2.12. The van der Waals surface area contributed by atoms with Crippen LogP contribution in [0, 0.1) is 13.8 Å². The van der Waals surface area contributed by atoms with Gasteiger partial charge in [-0.15, -0.1) is 5.10 Å². The number of nitrogens with zero attached hydrogens (tertiary/aromatic N) is 3. The molecular weight excluding hydrogens is 240 g/mol. The maximum atomic E-state index is 5.73. The van der Waals surface area contributed by atoms with Crippen LogP contribution in [-0.2, 0) is 6.61 Å². The van der Waals surface area contributed by atoms with Crippen LogP contribution in [0.4, 0.5) is 0 Å². The molecule has 0 bridgehead atoms. The number of H-pyrrole nitrogens is 1. The summed E-state index contributed by atoms with van der Waals surface area (Å²) in [6, 6.07) is 9.94. The number of ether oxygens (including phenoxy) is 1. The Kier molecular flexibility index (Phi) is 2.87. The molecule has 0 saturated heterocycles. The number of benzene rings is 1. The minimum absolute atomic E-state index is 0.461. The van der Waals surface area contributed by atoms with Gasteiger partial charge in [-0.05, 0) is 19.4 Å². The molecule has 19 heavy (non-hydrogen) atoms. The van der Waals surface area contributed by atoms with Crippen molar-refractivity contribution in [2.75, 3.05) is 0 Å². The molecule has 1 radical (unpaired) electrons. The highest BCUT2D eigenvalue weighted by atomic mass is 16.5. The van der Waals surface area contributed by atoms with Crippen LogP contribution in [-0.4, -0.2) is 20.4 Å². The summed E-state index contributed by atoms with van der Waals surface area (Å²) in [6.07, 6.45) is 0. The van der Waals surface area contributed by atoms with Crippen molar-refractivity contribution in [1.29, 1.82) is 0 Å². The van der Waals surface area contributed by atoms with Crippen molar-refractivity contribution in [3.05, 3.63) is 54.1 Å². The Hall–Kier alpha value is -2.43. The molecule has 2 heterocycles. The Morgan fingerprint density at radius 3 is 2.84 bits per heavy atom. The van der Waals surface area contributed by atoms with Crippen LogP contribution < -0.4 is 4.74 Å². The van der Waals surface area contributed by atoms with Crippen molar-refractivity contribution in [2.45, 2.75) is 13.5 Å². The number of pyridine rings is 1. The molecule has 1 N–H and O–H groups in total. The maximum absolute atomic E-state index is 5.73. The predicted molar refractivity (Wildman–Crippen MR) is 71.7 cm³/mol. The van der Waals surface area contributed by atoms with Crippen molar-refractivity contribution >= 4 is 11.0 Å². The van der Waals surface area contributed by atoms with Crippen LogP contribution >= 0.6 is 0 Å². The molecule has 0 spiro atoms. The van der Waals surface area contributed by atoms with Crippen molar-refractivity contribution in [3.8, 4) is 5.88 Å². The van der Waals surface area contributed by atoms with Crippen LogP contribution in [0.15, 0.2) is 30.3 Å². The monoisotopic (exact) mass is 253 g/mol. The fourth-order valence-corrected chi connectivity index (χ4v) is 1.92. The van der Waals surface area contributed by atoms with Gasteiger partial charge in [0.05, 0.1) is 11.2 Å². The Bertz CT molecular complexity index is 706. The summed E-state index contributed by atoms with van der Waals surface area (Å²) in [4.78, 5) is 4.38. The van der Waals surface area contributed by atoms with E-state index in [2.05, 4.69) is 27.3 Å². The van der Waals surface area contributed by atoms with Crippen molar-refractivity contribution < 1.29 is 4.74 Å². The summed E-state index contributed by atoms with van der Waals surface area (Å²) in [5, 5.41) is 10.6. The summed E-state index contributed by atoms with van der Waals surface area (Å²) < 4.78 is 5.73. The molecule has 0 unspecified atom stereocenters. The van der Waals surface area contributed by atoms with Crippen LogP contribution in [0.3, 0.4) is 0 Å². The number of rotatable bonds is 3. The van der Waals surface area contributed by atoms with Gasteiger partial charge >= 0.3 is 0 Å².